The number of anilines is 3. The van der Waals surface area contributed by atoms with Gasteiger partial charge in [-0.25, -0.2) is 9.97 Å². The summed E-state index contributed by atoms with van der Waals surface area (Å²) in [6, 6.07) is 7.29. The van der Waals surface area contributed by atoms with Gasteiger partial charge in [0, 0.05) is 31.9 Å². The highest BCUT2D eigenvalue weighted by atomic mass is 16.5. The van der Waals surface area contributed by atoms with E-state index in [1.54, 1.807) is 32.4 Å². The first-order valence-electron chi connectivity index (χ1n) is 9.64. The van der Waals surface area contributed by atoms with E-state index in [9.17, 15) is 9.90 Å². The van der Waals surface area contributed by atoms with Crippen LogP contribution in [0.1, 0.15) is 36.5 Å². The Hall–Kier alpha value is -3.13. The summed E-state index contributed by atoms with van der Waals surface area (Å²) in [7, 11) is 3.37. The molecule has 1 saturated carbocycles. The second-order valence-corrected chi connectivity index (χ2v) is 7.60. The molecule has 3 N–H and O–H groups in total. The third-order valence-electron chi connectivity index (χ3n) is 5.71. The van der Waals surface area contributed by atoms with Crippen molar-refractivity contribution in [3.05, 3.63) is 42.2 Å². The smallest absolute Gasteiger partial charge is 0.237 e. The van der Waals surface area contributed by atoms with Crippen molar-refractivity contribution in [2.45, 2.75) is 31.8 Å². The number of methoxy groups -OCH3 is 1. The van der Waals surface area contributed by atoms with Gasteiger partial charge in [0.2, 0.25) is 5.88 Å². The van der Waals surface area contributed by atoms with Gasteiger partial charge in [0.15, 0.2) is 11.4 Å². The molecule has 3 heterocycles. The van der Waals surface area contributed by atoms with Crippen LogP contribution in [0, 0.1) is 5.92 Å². The Morgan fingerprint density at radius 3 is 2.93 bits per heavy atom. The van der Waals surface area contributed by atoms with E-state index in [1.807, 2.05) is 29.8 Å². The molecular formula is C21H25N5O3. The topological polar surface area (TPSA) is 101 Å². The number of Topliss-reactive ketones (excluding diaryl/α,β-unsaturated/α-hetero) is 1. The lowest BCUT2D eigenvalue weighted by molar-refractivity contribution is -0.0773. The van der Waals surface area contributed by atoms with Crippen LogP contribution < -0.4 is 15.4 Å². The normalized spacial score (nSPS) is 20.9. The van der Waals surface area contributed by atoms with E-state index < -0.39 is 5.60 Å². The van der Waals surface area contributed by atoms with E-state index in [1.165, 1.54) is 0 Å². The van der Waals surface area contributed by atoms with Crippen LogP contribution >= 0.6 is 0 Å². The number of carbonyl (C=O) groups is 1. The van der Waals surface area contributed by atoms with Crippen molar-refractivity contribution >= 4 is 28.8 Å². The van der Waals surface area contributed by atoms with E-state index in [0.717, 1.165) is 18.7 Å². The number of rotatable bonds is 7. The number of aliphatic hydroxyl groups is 1. The molecule has 3 aromatic heterocycles. The average Bonchev–Trinajstić information content (AvgIpc) is 3.15. The van der Waals surface area contributed by atoms with E-state index in [-0.39, 0.29) is 11.7 Å². The van der Waals surface area contributed by atoms with Gasteiger partial charge in [0.1, 0.15) is 17.3 Å². The minimum absolute atomic E-state index is 0.00492. The number of pyridine rings is 1. The summed E-state index contributed by atoms with van der Waals surface area (Å²) >= 11 is 0. The van der Waals surface area contributed by atoms with Gasteiger partial charge in [-0.3, -0.25) is 9.20 Å². The fourth-order valence-electron chi connectivity index (χ4n) is 3.76. The van der Waals surface area contributed by atoms with Gasteiger partial charge in [-0.2, -0.15) is 0 Å². The van der Waals surface area contributed by atoms with Crippen molar-refractivity contribution in [1.82, 2.24) is 14.4 Å². The Balaban J connectivity index is 1.69. The largest absolute Gasteiger partial charge is 0.480 e. The Morgan fingerprint density at radius 2 is 2.28 bits per heavy atom. The first kappa shape index (κ1) is 19.2. The van der Waals surface area contributed by atoms with Gasteiger partial charge >= 0.3 is 0 Å². The van der Waals surface area contributed by atoms with E-state index in [0.29, 0.717) is 35.0 Å². The molecule has 0 aromatic carbocycles. The molecule has 152 valence electrons. The third kappa shape index (κ3) is 3.51. The number of hydrogen-bond acceptors (Lipinski definition) is 7. The number of aromatic nitrogens is 3. The molecule has 1 aliphatic carbocycles. The highest BCUT2D eigenvalue weighted by Crippen LogP contribution is 2.41. The van der Waals surface area contributed by atoms with Crippen LogP contribution in [0.4, 0.5) is 17.3 Å². The van der Waals surface area contributed by atoms with Crippen LogP contribution in [0.15, 0.2) is 36.7 Å². The molecule has 1 aliphatic rings. The zero-order valence-electron chi connectivity index (χ0n) is 16.8. The van der Waals surface area contributed by atoms with Crippen molar-refractivity contribution in [3.63, 3.8) is 0 Å². The molecule has 0 radical (unpaired) electrons. The van der Waals surface area contributed by atoms with Crippen molar-refractivity contribution in [3.8, 4) is 5.88 Å². The molecule has 0 bridgehead atoms. The molecular weight excluding hydrogens is 370 g/mol. The van der Waals surface area contributed by atoms with Crippen molar-refractivity contribution < 1.29 is 14.6 Å². The van der Waals surface area contributed by atoms with Crippen LogP contribution in [-0.2, 0) is 0 Å². The quantitative estimate of drug-likeness (QED) is 0.528. The maximum atomic E-state index is 12.9. The minimum atomic E-state index is -0.752. The fraction of sp³-hybridized carbons (Fsp3) is 0.381. The van der Waals surface area contributed by atoms with Crippen molar-refractivity contribution in [2.24, 2.45) is 5.92 Å². The molecule has 8 heteroatoms. The van der Waals surface area contributed by atoms with Gasteiger partial charge < -0.3 is 20.5 Å². The Morgan fingerprint density at radius 1 is 1.45 bits per heavy atom. The van der Waals surface area contributed by atoms with Gasteiger partial charge in [-0.05, 0) is 43.9 Å². The van der Waals surface area contributed by atoms with E-state index in [4.69, 9.17) is 4.74 Å². The predicted octanol–water partition coefficient (Wildman–Crippen LogP) is 3.26. The molecule has 29 heavy (non-hydrogen) atoms. The summed E-state index contributed by atoms with van der Waals surface area (Å²) in [6.45, 7) is 1.80. The summed E-state index contributed by atoms with van der Waals surface area (Å²) in [4.78, 5) is 21.8. The lowest BCUT2D eigenvalue weighted by Crippen LogP contribution is -2.45. The van der Waals surface area contributed by atoms with E-state index in [2.05, 4.69) is 20.6 Å². The first-order chi connectivity index (χ1) is 13.9. The number of fused-ring (bicyclic) bond motifs is 1. The van der Waals surface area contributed by atoms with Crippen LogP contribution in [0.3, 0.4) is 0 Å². The standard InChI is InChI=1S/C21H25N5O3/c1-21(28)8-6-13(21)11-16(27)14-7-10-26-18(22-2)12-17(25-19(14)26)24-15-5-4-9-23-20(15)29-3/h4-5,7,9-10,12-13,22,28H,6,8,11H2,1-3H3,(H,24,25)/t13?,21-/m1/s1. The van der Waals surface area contributed by atoms with E-state index >= 15 is 0 Å². The Bertz CT molecular complexity index is 1060. The van der Waals surface area contributed by atoms with Crippen LogP contribution in [0.2, 0.25) is 0 Å². The number of nitrogens with zero attached hydrogens (tertiary/aromatic N) is 3. The molecule has 8 nitrogen and oxygen atoms in total. The average molecular weight is 395 g/mol. The number of nitrogens with one attached hydrogen (secondary N) is 2. The van der Waals surface area contributed by atoms with Gasteiger partial charge in [-0.1, -0.05) is 0 Å². The lowest BCUT2D eigenvalue weighted by atomic mass is 9.68. The second kappa shape index (κ2) is 7.36. The van der Waals surface area contributed by atoms with Crippen LogP contribution in [0.25, 0.3) is 5.65 Å². The molecule has 1 unspecified atom stereocenters. The van der Waals surface area contributed by atoms with Crippen LogP contribution in [-0.4, -0.2) is 45.0 Å². The van der Waals surface area contributed by atoms with Crippen molar-refractivity contribution in [2.75, 3.05) is 24.8 Å². The molecule has 0 aliphatic heterocycles. The summed E-state index contributed by atoms with van der Waals surface area (Å²) in [5.74, 6) is 1.79. The van der Waals surface area contributed by atoms with Gasteiger partial charge in [0.25, 0.3) is 0 Å². The lowest BCUT2D eigenvalue weighted by Gasteiger charge is -2.42. The molecule has 2 atom stereocenters. The molecule has 0 spiro atoms. The summed E-state index contributed by atoms with van der Waals surface area (Å²) in [5, 5.41) is 16.6. The second-order valence-electron chi connectivity index (χ2n) is 7.60. The summed E-state index contributed by atoms with van der Waals surface area (Å²) in [5.41, 5.74) is 1.04. The van der Waals surface area contributed by atoms with Crippen LogP contribution in [0.5, 0.6) is 5.88 Å². The number of ether oxygens (including phenoxy) is 1. The monoisotopic (exact) mass is 395 g/mol. The SMILES string of the molecule is CNc1cc(Nc2cccnc2OC)nc2c(C(=O)CC3CC[C@@]3(C)O)ccn12. The zero-order valence-corrected chi connectivity index (χ0v) is 16.8. The number of carbonyl (C=O) groups excluding carboxylic acids is 1. The third-order valence-corrected chi connectivity index (χ3v) is 5.71. The molecule has 0 saturated heterocycles. The highest BCUT2D eigenvalue weighted by Gasteiger charge is 2.42. The first-order valence-corrected chi connectivity index (χ1v) is 9.64. The molecule has 4 rings (SSSR count). The number of ketones is 1. The Kier molecular flexibility index (Phi) is 4.87. The van der Waals surface area contributed by atoms with Crippen molar-refractivity contribution in [1.29, 1.82) is 0 Å². The maximum Gasteiger partial charge on any atom is 0.237 e. The predicted molar refractivity (Wildman–Crippen MR) is 111 cm³/mol. The maximum absolute atomic E-state index is 12.9. The zero-order chi connectivity index (χ0) is 20.6. The van der Waals surface area contributed by atoms with Gasteiger partial charge in [0.05, 0.1) is 18.3 Å². The minimum Gasteiger partial charge on any atom is -0.480 e. The fourth-order valence-corrected chi connectivity index (χ4v) is 3.76. The highest BCUT2D eigenvalue weighted by molar-refractivity contribution is 6.02. The number of hydrogen-bond donors (Lipinski definition) is 3. The molecule has 0 amide bonds. The Labute approximate surface area is 168 Å². The molecule has 3 aromatic rings. The van der Waals surface area contributed by atoms with Gasteiger partial charge in [-0.15, -0.1) is 0 Å². The molecule has 1 fully saturated rings. The summed E-state index contributed by atoms with van der Waals surface area (Å²) < 4.78 is 7.14. The summed E-state index contributed by atoms with van der Waals surface area (Å²) in [6.07, 6.45) is 5.41.